The molecule has 0 saturated carbocycles. The van der Waals surface area contributed by atoms with Crippen LogP contribution in [-0.4, -0.2) is 20.4 Å². The van der Waals surface area contributed by atoms with Gasteiger partial charge in [0.15, 0.2) is 0 Å². The van der Waals surface area contributed by atoms with Crippen molar-refractivity contribution in [2.45, 2.75) is 38.6 Å². The number of imidazole rings is 1. The zero-order valence-electron chi connectivity index (χ0n) is 14.9. The molecular formula is C21H22N4O. The Bertz CT molecular complexity index is 931. The van der Waals surface area contributed by atoms with Crippen LogP contribution in [0.25, 0.3) is 5.82 Å². The smallest absolute Gasteiger partial charge is 0.227 e. The van der Waals surface area contributed by atoms with Gasteiger partial charge in [0.05, 0.1) is 5.92 Å². The normalized spacial score (nSPS) is 16.1. The van der Waals surface area contributed by atoms with E-state index in [-0.39, 0.29) is 11.8 Å². The van der Waals surface area contributed by atoms with Gasteiger partial charge in [-0.1, -0.05) is 24.3 Å². The molecule has 0 fully saturated rings. The molecule has 4 rings (SSSR count). The van der Waals surface area contributed by atoms with Crippen molar-refractivity contribution < 1.29 is 4.79 Å². The lowest BCUT2D eigenvalue weighted by atomic mass is 9.82. The quantitative estimate of drug-likeness (QED) is 0.788. The summed E-state index contributed by atoms with van der Waals surface area (Å²) in [5.41, 5.74) is 3.52. The summed E-state index contributed by atoms with van der Waals surface area (Å²) >= 11 is 0. The molecule has 1 aliphatic rings. The topological polar surface area (TPSA) is 59.8 Å². The van der Waals surface area contributed by atoms with Crippen LogP contribution < -0.4 is 5.32 Å². The van der Waals surface area contributed by atoms with E-state index in [4.69, 9.17) is 0 Å². The van der Waals surface area contributed by atoms with Crippen LogP contribution in [0.1, 0.15) is 41.3 Å². The molecule has 5 heteroatoms. The molecule has 0 saturated heterocycles. The van der Waals surface area contributed by atoms with E-state index in [0.717, 1.165) is 36.5 Å². The van der Waals surface area contributed by atoms with Gasteiger partial charge < -0.3 is 5.32 Å². The summed E-state index contributed by atoms with van der Waals surface area (Å²) in [6, 6.07) is 12.2. The number of rotatable bonds is 4. The fraction of sp³-hybridized carbons (Fsp3) is 0.286. The molecule has 1 N–H and O–H groups in total. The molecule has 0 spiro atoms. The number of hydrogen-bond donors (Lipinski definition) is 1. The molecule has 2 aromatic heterocycles. The Balaban J connectivity index is 1.47. The van der Waals surface area contributed by atoms with Gasteiger partial charge in [-0.25, -0.2) is 9.97 Å². The minimum absolute atomic E-state index is 0.0443. The zero-order valence-corrected chi connectivity index (χ0v) is 14.9. The highest BCUT2D eigenvalue weighted by molar-refractivity contribution is 5.84. The molecule has 0 bridgehead atoms. The molecule has 1 aliphatic carbocycles. The van der Waals surface area contributed by atoms with Crippen LogP contribution in [0.15, 0.2) is 55.0 Å². The largest absolute Gasteiger partial charge is 0.351 e. The molecule has 0 radical (unpaired) electrons. The van der Waals surface area contributed by atoms with E-state index in [0.29, 0.717) is 6.54 Å². The van der Waals surface area contributed by atoms with Crippen LogP contribution in [0.5, 0.6) is 0 Å². The Labute approximate surface area is 153 Å². The van der Waals surface area contributed by atoms with Gasteiger partial charge in [-0.05, 0) is 55.0 Å². The first-order chi connectivity index (χ1) is 12.7. The summed E-state index contributed by atoms with van der Waals surface area (Å²) in [5, 5.41) is 3.11. The number of pyridine rings is 1. The van der Waals surface area contributed by atoms with Crippen LogP contribution in [0.3, 0.4) is 0 Å². The summed E-state index contributed by atoms with van der Waals surface area (Å²) in [6.45, 7) is 2.44. The third-order valence-electron chi connectivity index (χ3n) is 5.04. The standard InChI is InChI=1S/C21H22N4O/c1-15-22-11-12-25(15)20-13-16(9-10-23-20)14-24-21(26)19-8-4-6-17-5-2-3-7-18(17)19/h2-3,5,7,9-13,19H,4,6,8,14H2,1H3,(H,24,26). The van der Waals surface area contributed by atoms with Gasteiger partial charge in [0.2, 0.25) is 5.91 Å². The monoisotopic (exact) mass is 346 g/mol. The molecule has 0 aliphatic heterocycles. The van der Waals surface area contributed by atoms with E-state index in [1.165, 1.54) is 11.1 Å². The second-order valence-electron chi connectivity index (χ2n) is 6.73. The Kier molecular flexibility index (Phi) is 4.52. The van der Waals surface area contributed by atoms with Gasteiger partial charge in [0.25, 0.3) is 0 Å². The van der Waals surface area contributed by atoms with Gasteiger partial charge in [0, 0.05) is 25.1 Å². The van der Waals surface area contributed by atoms with Crippen molar-refractivity contribution in [1.29, 1.82) is 0 Å². The van der Waals surface area contributed by atoms with Crippen molar-refractivity contribution in [3.05, 3.63) is 77.5 Å². The summed E-state index contributed by atoms with van der Waals surface area (Å²) < 4.78 is 1.93. The minimum atomic E-state index is -0.0443. The lowest BCUT2D eigenvalue weighted by molar-refractivity contribution is -0.123. The van der Waals surface area contributed by atoms with Crippen LogP contribution in [0, 0.1) is 6.92 Å². The summed E-state index contributed by atoms with van der Waals surface area (Å²) in [5.74, 6) is 1.76. The fourth-order valence-corrected chi connectivity index (χ4v) is 3.66. The van der Waals surface area contributed by atoms with E-state index < -0.39 is 0 Å². The van der Waals surface area contributed by atoms with Crippen molar-refractivity contribution in [3.63, 3.8) is 0 Å². The average molecular weight is 346 g/mol. The number of nitrogens with zero attached hydrogens (tertiary/aromatic N) is 3. The number of nitrogens with one attached hydrogen (secondary N) is 1. The van der Waals surface area contributed by atoms with Crippen LogP contribution in [0.4, 0.5) is 0 Å². The molecule has 1 atom stereocenters. The van der Waals surface area contributed by atoms with E-state index >= 15 is 0 Å². The van der Waals surface area contributed by atoms with E-state index in [1.807, 2.05) is 35.9 Å². The van der Waals surface area contributed by atoms with Crippen molar-refractivity contribution in [2.75, 3.05) is 0 Å². The van der Waals surface area contributed by atoms with E-state index in [9.17, 15) is 4.79 Å². The number of aromatic nitrogens is 3. The lowest BCUT2D eigenvalue weighted by Gasteiger charge is -2.24. The highest BCUT2D eigenvalue weighted by atomic mass is 16.1. The van der Waals surface area contributed by atoms with Gasteiger partial charge in [0.1, 0.15) is 11.6 Å². The number of aryl methyl sites for hydroxylation is 2. The molecule has 5 nitrogen and oxygen atoms in total. The highest BCUT2D eigenvalue weighted by Gasteiger charge is 2.25. The maximum Gasteiger partial charge on any atom is 0.227 e. The molecule has 1 aromatic carbocycles. The van der Waals surface area contributed by atoms with Crippen molar-refractivity contribution in [2.24, 2.45) is 0 Å². The highest BCUT2D eigenvalue weighted by Crippen LogP contribution is 2.31. The number of hydrogen-bond acceptors (Lipinski definition) is 3. The van der Waals surface area contributed by atoms with Gasteiger partial charge in [-0.15, -0.1) is 0 Å². The van der Waals surface area contributed by atoms with Crippen molar-refractivity contribution in [3.8, 4) is 5.82 Å². The number of carbonyl (C=O) groups is 1. The molecule has 1 unspecified atom stereocenters. The second-order valence-corrected chi connectivity index (χ2v) is 6.73. The molecule has 3 aromatic rings. The van der Waals surface area contributed by atoms with Gasteiger partial charge >= 0.3 is 0 Å². The van der Waals surface area contributed by atoms with Crippen molar-refractivity contribution in [1.82, 2.24) is 19.9 Å². The summed E-state index contributed by atoms with van der Waals surface area (Å²) in [7, 11) is 0. The number of benzene rings is 1. The number of amides is 1. The van der Waals surface area contributed by atoms with Gasteiger partial charge in [-0.2, -0.15) is 0 Å². The summed E-state index contributed by atoms with van der Waals surface area (Å²) in [6.07, 6.45) is 8.46. The first-order valence-electron chi connectivity index (χ1n) is 9.03. The zero-order chi connectivity index (χ0) is 17.9. The number of fused-ring (bicyclic) bond motifs is 1. The third-order valence-corrected chi connectivity index (χ3v) is 5.04. The predicted octanol–water partition coefficient (Wildman–Crippen LogP) is 3.31. The summed E-state index contributed by atoms with van der Waals surface area (Å²) in [4.78, 5) is 21.4. The molecule has 26 heavy (non-hydrogen) atoms. The third kappa shape index (κ3) is 3.25. The van der Waals surface area contributed by atoms with Crippen LogP contribution in [-0.2, 0) is 17.8 Å². The molecule has 2 heterocycles. The second kappa shape index (κ2) is 7.12. The molecule has 1 amide bonds. The Morgan fingerprint density at radius 3 is 2.96 bits per heavy atom. The van der Waals surface area contributed by atoms with E-state index in [2.05, 4.69) is 33.5 Å². The maximum atomic E-state index is 12.8. The first kappa shape index (κ1) is 16.5. The Morgan fingerprint density at radius 1 is 1.23 bits per heavy atom. The Hall–Kier alpha value is -2.95. The van der Waals surface area contributed by atoms with Crippen LogP contribution >= 0.6 is 0 Å². The molecular weight excluding hydrogens is 324 g/mol. The van der Waals surface area contributed by atoms with Crippen LogP contribution in [0.2, 0.25) is 0 Å². The fourth-order valence-electron chi connectivity index (χ4n) is 3.66. The minimum Gasteiger partial charge on any atom is -0.351 e. The predicted molar refractivity (Wildman–Crippen MR) is 100 cm³/mol. The number of carbonyl (C=O) groups excluding carboxylic acids is 1. The maximum absolute atomic E-state index is 12.8. The average Bonchev–Trinajstić information content (AvgIpc) is 3.12. The van der Waals surface area contributed by atoms with E-state index in [1.54, 1.807) is 12.4 Å². The first-order valence-corrected chi connectivity index (χ1v) is 9.03. The lowest BCUT2D eigenvalue weighted by Crippen LogP contribution is -2.31. The van der Waals surface area contributed by atoms with Crippen molar-refractivity contribution >= 4 is 5.91 Å². The van der Waals surface area contributed by atoms with Gasteiger partial charge in [-0.3, -0.25) is 9.36 Å². The SMILES string of the molecule is Cc1nccn1-c1cc(CNC(=O)C2CCCc3ccccc32)ccn1. The molecule has 132 valence electrons. The Morgan fingerprint density at radius 2 is 2.12 bits per heavy atom.